The molecule has 3 N–H and O–H groups in total. The average Bonchev–Trinajstić information content (AvgIpc) is 2.39. The van der Waals surface area contributed by atoms with E-state index < -0.39 is 24.7 Å². The molecule has 0 bridgehead atoms. The van der Waals surface area contributed by atoms with Crippen LogP contribution in [-0.2, 0) is 19.0 Å². The number of quaternary nitrogens is 1. The lowest BCUT2D eigenvalue weighted by atomic mass is 10.1. The van der Waals surface area contributed by atoms with Gasteiger partial charge < -0.3 is 19.4 Å². The van der Waals surface area contributed by atoms with Crippen molar-refractivity contribution in [2.45, 2.75) is 19.2 Å². The number of benzene rings is 1. The van der Waals surface area contributed by atoms with Crippen LogP contribution in [0.15, 0.2) is 24.3 Å². The van der Waals surface area contributed by atoms with E-state index in [2.05, 4.69) is 0 Å². The fourth-order valence-corrected chi connectivity index (χ4v) is 3.98. The Labute approximate surface area is 128 Å². The lowest BCUT2D eigenvalue weighted by Gasteiger charge is -2.35. The Kier molecular flexibility index (Phi) is 6.77. The first-order chi connectivity index (χ1) is 9.79. The normalized spacial score (nSPS) is 16.5. The zero-order valence-electron chi connectivity index (χ0n) is 11.8. The SMILES string of the molecule is CCOP(=O)(OCC)[C@@](O)(C[NH+]([O-])O)c1ccc(Cl)cc1. The molecule has 0 amide bonds. The molecule has 0 saturated heterocycles. The molecule has 0 aromatic heterocycles. The zero-order chi connectivity index (χ0) is 16.1. The Morgan fingerprint density at radius 3 is 2.14 bits per heavy atom. The Morgan fingerprint density at radius 2 is 1.76 bits per heavy atom. The second-order valence-electron chi connectivity index (χ2n) is 4.23. The van der Waals surface area contributed by atoms with Crippen LogP contribution >= 0.6 is 19.2 Å². The summed E-state index contributed by atoms with van der Waals surface area (Å²) in [5, 5.41) is 27.7. The largest absolute Gasteiger partial charge is 0.600 e. The molecule has 0 fully saturated rings. The van der Waals surface area contributed by atoms with E-state index in [-0.39, 0.29) is 18.8 Å². The first-order valence-electron chi connectivity index (χ1n) is 6.38. The molecule has 1 unspecified atom stereocenters. The maximum atomic E-state index is 12.9. The number of rotatable bonds is 8. The lowest BCUT2D eigenvalue weighted by Crippen LogP contribution is -3.06. The van der Waals surface area contributed by atoms with Crippen LogP contribution in [0.3, 0.4) is 0 Å². The molecule has 0 spiro atoms. The van der Waals surface area contributed by atoms with Crippen LogP contribution < -0.4 is 5.23 Å². The van der Waals surface area contributed by atoms with Gasteiger partial charge in [-0.15, -0.1) is 0 Å². The van der Waals surface area contributed by atoms with E-state index in [1.807, 2.05) is 0 Å². The number of aliphatic hydroxyl groups is 1. The van der Waals surface area contributed by atoms with E-state index in [1.54, 1.807) is 13.8 Å². The van der Waals surface area contributed by atoms with Gasteiger partial charge in [0.1, 0.15) is 0 Å². The van der Waals surface area contributed by atoms with Gasteiger partial charge in [0, 0.05) is 10.6 Å². The van der Waals surface area contributed by atoms with Gasteiger partial charge in [0.25, 0.3) is 0 Å². The van der Waals surface area contributed by atoms with Crippen molar-refractivity contribution in [3.8, 4) is 0 Å². The summed E-state index contributed by atoms with van der Waals surface area (Å²) in [4.78, 5) is 0. The molecule has 0 saturated carbocycles. The number of hydroxylamine groups is 2. The molecule has 1 rings (SSSR count). The fourth-order valence-electron chi connectivity index (χ4n) is 1.88. The zero-order valence-corrected chi connectivity index (χ0v) is 13.4. The first kappa shape index (κ1) is 18.5. The molecule has 0 radical (unpaired) electrons. The van der Waals surface area contributed by atoms with Crippen molar-refractivity contribution in [3.63, 3.8) is 0 Å². The van der Waals surface area contributed by atoms with Gasteiger partial charge in [-0.3, -0.25) is 4.57 Å². The maximum Gasteiger partial charge on any atom is 0.372 e. The van der Waals surface area contributed by atoms with Gasteiger partial charge in [-0.2, -0.15) is 0 Å². The van der Waals surface area contributed by atoms with E-state index in [9.17, 15) is 14.9 Å². The lowest BCUT2D eigenvalue weighted by molar-refractivity contribution is -1.05. The summed E-state index contributed by atoms with van der Waals surface area (Å²) < 4.78 is 23.1. The summed E-state index contributed by atoms with van der Waals surface area (Å²) in [6.45, 7) is 2.36. The second-order valence-corrected chi connectivity index (χ2v) is 6.91. The Bertz CT molecular complexity index is 487. The molecule has 2 atom stereocenters. The predicted molar refractivity (Wildman–Crippen MR) is 77.2 cm³/mol. The standard InChI is InChI=1S/C12H19ClNO6P/c1-3-19-21(18,20-4-2)12(15,9-14(16)17)10-5-7-11(13)8-6-10/h5-8,14-16H,3-4,9H2,1-2H3/t12-/m0/s1. The molecular weight excluding hydrogens is 321 g/mol. The van der Waals surface area contributed by atoms with Crippen LogP contribution in [0.4, 0.5) is 0 Å². The number of nitrogens with one attached hydrogen (secondary N) is 1. The van der Waals surface area contributed by atoms with Gasteiger partial charge >= 0.3 is 7.60 Å². The van der Waals surface area contributed by atoms with Crippen molar-refractivity contribution in [2.24, 2.45) is 0 Å². The van der Waals surface area contributed by atoms with E-state index in [1.165, 1.54) is 24.3 Å². The number of hydrogen-bond acceptors (Lipinski definition) is 6. The molecule has 0 aliphatic rings. The van der Waals surface area contributed by atoms with E-state index in [4.69, 9.17) is 25.9 Å². The minimum atomic E-state index is -4.10. The quantitative estimate of drug-likeness (QED) is 0.490. The Hall–Kier alpha value is -0.500. The molecule has 0 aliphatic heterocycles. The average molecular weight is 340 g/mol. The van der Waals surface area contributed by atoms with Crippen molar-refractivity contribution < 1.29 is 29.2 Å². The highest BCUT2D eigenvalue weighted by Gasteiger charge is 2.53. The first-order valence-corrected chi connectivity index (χ1v) is 8.30. The molecule has 9 heteroatoms. The van der Waals surface area contributed by atoms with Crippen molar-refractivity contribution in [1.82, 2.24) is 0 Å². The van der Waals surface area contributed by atoms with Gasteiger partial charge in [0.2, 0.25) is 5.34 Å². The third-order valence-corrected chi connectivity index (χ3v) is 5.53. The molecule has 21 heavy (non-hydrogen) atoms. The van der Waals surface area contributed by atoms with E-state index in [0.717, 1.165) is 0 Å². The van der Waals surface area contributed by atoms with Crippen molar-refractivity contribution in [2.75, 3.05) is 19.8 Å². The van der Waals surface area contributed by atoms with Crippen LogP contribution in [0, 0.1) is 5.21 Å². The smallest absolute Gasteiger partial charge is 0.372 e. The molecule has 7 nitrogen and oxygen atoms in total. The molecule has 0 heterocycles. The van der Waals surface area contributed by atoms with Crippen LogP contribution in [0.25, 0.3) is 0 Å². The van der Waals surface area contributed by atoms with E-state index >= 15 is 0 Å². The summed E-state index contributed by atoms with van der Waals surface area (Å²) in [5.41, 5.74) is 0.111. The van der Waals surface area contributed by atoms with E-state index in [0.29, 0.717) is 5.02 Å². The fraction of sp³-hybridized carbons (Fsp3) is 0.500. The van der Waals surface area contributed by atoms with Crippen LogP contribution in [-0.4, -0.2) is 30.1 Å². The van der Waals surface area contributed by atoms with Gasteiger partial charge in [-0.1, -0.05) is 23.7 Å². The van der Waals surface area contributed by atoms with Crippen LogP contribution in [0.2, 0.25) is 5.02 Å². The van der Waals surface area contributed by atoms with Crippen molar-refractivity contribution in [1.29, 1.82) is 0 Å². The van der Waals surface area contributed by atoms with Gasteiger partial charge in [0.05, 0.1) is 13.2 Å². The molecule has 1 aromatic carbocycles. The highest BCUT2D eigenvalue weighted by atomic mass is 35.5. The van der Waals surface area contributed by atoms with Crippen molar-refractivity contribution in [3.05, 3.63) is 40.1 Å². The predicted octanol–water partition coefficient (Wildman–Crippen LogP) is 1.52. The Morgan fingerprint density at radius 1 is 1.29 bits per heavy atom. The second kappa shape index (κ2) is 7.67. The summed E-state index contributed by atoms with van der Waals surface area (Å²) in [7, 11) is -4.10. The third kappa shape index (κ3) is 4.25. The Balaban J connectivity index is 3.36. The third-order valence-electron chi connectivity index (χ3n) is 2.76. The maximum absolute atomic E-state index is 12.9. The highest BCUT2D eigenvalue weighted by molar-refractivity contribution is 7.55. The van der Waals surface area contributed by atoms with Crippen molar-refractivity contribution >= 4 is 19.2 Å². The minimum absolute atomic E-state index is 0.00674. The molecular formula is C12H19ClNO6P. The molecule has 0 aliphatic carbocycles. The molecule has 120 valence electrons. The summed E-state index contributed by atoms with van der Waals surface area (Å²) in [6.07, 6.45) is 0. The highest BCUT2D eigenvalue weighted by Crippen LogP contribution is 2.63. The number of halogens is 1. The number of hydrogen-bond donors (Lipinski definition) is 3. The summed E-state index contributed by atoms with van der Waals surface area (Å²) in [6, 6.07) is 5.73. The molecule has 1 aromatic rings. The summed E-state index contributed by atoms with van der Waals surface area (Å²) in [5.74, 6) is 0. The van der Waals surface area contributed by atoms with Crippen LogP contribution in [0.1, 0.15) is 19.4 Å². The topological polar surface area (TPSA) is 103 Å². The van der Waals surface area contributed by atoms with Crippen LogP contribution in [0.5, 0.6) is 0 Å². The van der Waals surface area contributed by atoms with Gasteiger partial charge in [0.15, 0.2) is 6.54 Å². The van der Waals surface area contributed by atoms with Gasteiger partial charge in [-0.05, 0) is 26.0 Å². The minimum Gasteiger partial charge on any atom is -0.600 e. The van der Waals surface area contributed by atoms with Gasteiger partial charge in [-0.25, -0.2) is 10.4 Å². The monoisotopic (exact) mass is 339 g/mol. The summed E-state index contributed by atoms with van der Waals surface area (Å²) >= 11 is 5.77.